The number of fused-ring (bicyclic) bond motifs is 1. The van der Waals surface area contributed by atoms with Crippen molar-refractivity contribution in [2.45, 2.75) is 19.8 Å². The van der Waals surface area contributed by atoms with E-state index in [1.807, 2.05) is 24.3 Å². The largest absolute Gasteiger partial charge is 0.378 e. The average molecular weight is 447 g/mol. The number of carbonyl (C=O) groups excluding carboxylic acids is 1. The topological polar surface area (TPSA) is 83.5 Å². The molecular weight excluding hydrogens is 416 g/mol. The van der Waals surface area contributed by atoms with Gasteiger partial charge >= 0.3 is 0 Å². The lowest BCUT2D eigenvalue weighted by atomic mass is 10.00. The van der Waals surface area contributed by atoms with Crippen LogP contribution in [0.1, 0.15) is 30.1 Å². The van der Waals surface area contributed by atoms with Crippen molar-refractivity contribution >= 4 is 28.7 Å². The Morgan fingerprint density at radius 2 is 1.79 bits per heavy atom. The molecule has 5 rings (SSSR count). The Morgan fingerprint density at radius 3 is 2.55 bits per heavy atom. The molecule has 1 aromatic carbocycles. The van der Waals surface area contributed by atoms with E-state index < -0.39 is 0 Å². The van der Waals surface area contributed by atoms with Gasteiger partial charge in [0.25, 0.3) is 5.91 Å². The summed E-state index contributed by atoms with van der Waals surface area (Å²) in [7, 11) is 1.64. The predicted octanol–water partition coefficient (Wildman–Crippen LogP) is 3.12. The molecule has 0 aliphatic carbocycles. The monoisotopic (exact) mass is 446 g/mol. The zero-order valence-corrected chi connectivity index (χ0v) is 19.3. The summed E-state index contributed by atoms with van der Waals surface area (Å²) in [4.78, 5) is 31.5. The van der Waals surface area contributed by atoms with Gasteiger partial charge < -0.3 is 19.9 Å². The van der Waals surface area contributed by atoms with Gasteiger partial charge in [0.1, 0.15) is 5.82 Å². The van der Waals surface area contributed by atoms with Crippen molar-refractivity contribution in [3.05, 3.63) is 42.0 Å². The molecule has 0 radical (unpaired) electrons. The van der Waals surface area contributed by atoms with E-state index in [0.717, 1.165) is 73.3 Å². The highest BCUT2D eigenvalue weighted by Crippen LogP contribution is 2.30. The van der Waals surface area contributed by atoms with Crippen molar-refractivity contribution in [2.24, 2.45) is 5.92 Å². The molecule has 2 aliphatic rings. The molecule has 2 fully saturated rings. The third kappa shape index (κ3) is 4.48. The molecule has 0 spiro atoms. The van der Waals surface area contributed by atoms with Gasteiger partial charge in [-0.1, -0.05) is 19.1 Å². The second-order valence-corrected chi connectivity index (χ2v) is 8.84. The van der Waals surface area contributed by atoms with Crippen LogP contribution in [0, 0.1) is 5.92 Å². The van der Waals surface area contributed by atoms with Crippen molar-refractivity contribution in [1.82, 2.24) is 20.3 Å². The standard InChI is InChI=1S/C25H30N6O2/c1-17-8-10-31(11-9-17)25-28-22-20(23(29-25)30-12-14-33-15-13-30)6-7-21(27-22)18-4-3-5-19(16-18)24(32)26-2/h3-7,16-17H,8-15H2,1-2H3,(H,26,32). The molecule has 2 aromatic heterocycles. The van der Waals surface area contributed by atoms with Gasteiger partial charge in [0.15, 0.2) is 5.65 Å². The van der Waals surface area contributed by atoms with Crippen molar-refractivity contribution < 1.29 is 9.53 Å². The summed E-state index contributed by atoms with van der Waals surface area (Å²) in [6, 6.07) is 11.6. The molecule has 0 saturated carbocycles. The van der Waals surface area contributed by atoms with Crippen LogP contribution < -0.4 is 15.1 Å². The van der Waals surface area contributed by atoms with Crippen molar-refractivity contribution in [3.63, 3.8) is 0 Å². The first-order valence-corrected chi connectivity index (χ1v) is 11.7. The molecule has 33 heavy (non-hydrogen) atoms. The molecule has 1 N–H and O–H groups in total. The van der Waals surface area contributed by atoms with Gasteiger partial charge in [0, 0.05) is 44.4 Å². The summed E-state index contributed by atoms with van der Waals surface area (Å²) in [6.07, 6.45) is 2.29. The van der Waals surface area contributed by atoms with Gasteiger partial charge in [0.2, 0.25) is 5.95 Å². The third-order valence-corrected chi connectivity index (χ3v) is 6.55. The minimum atomic E-state index is -0.115. The predicted molar refractivity (Wildman–Crippen MR) is 130 cm³/mol. The van der Waals surface area contributed by atoms with Crippen LogP contribution in [0.2, 0.25) is 0 Å². The number of hydrogen-bond acceptors (Lipinski definition) is 7. The highest BCUT2D eigenvalue weighted by Gasteiger charge is 2.23. The van der Waals surface area contributed by atoms with Crippen LogP contribution in [0.4, 0.5) is 11.8 Å². The maximum atomic E-state index is 12.1. The summed E-state index contributed by atoms with van der Waals surface area (Å²) in [5, 5.41) is 3.62. The SMILES string of the molecule is CNC(=O)c1cccc(-c2ccc3c(N4CCOCC4)nc(N4CCC(C)CC4)nc3n2)c1. The first-order valence-electron chi connectivity index (χ1n) is 11.7. The summed E-state index contributed by atoms with van der Waals surface area (Å²) in [5.41, 5.74) is 2.97. The first-order chi connectivity index (χ1) is 16.1. The molecule has 2 aliphatic heterocycles. The number of anilines is 2. The molecule has 1 amide bonds. The number of rotatable bonds is 4. The molecule has 8 heteroatoms. The summed E-state index contributed by atoms with van der Waals surface area (Å²) >= 11 is 0. The van der Waals surface area contributed by atoms with Crippen molar-refractivity contribution in [1.29, 1.82) is 0 Å². The number of carbonyl (C=O) groups is 1. The van der Waals surface area contributed by atoms with Crippen LogP contribution in [-0.2, 0) is 4.74 Å². The van der Waals surface area contributed by atoms with Crippen LogP contribution in [0.5, 0.6) is 0 Å². The van der Waals surface area contributed by atoms with Crippen LogP contribution in [-0.4, -0.2) is 67.3 Å². The minimum absolute atomic E-state index is 0.115. The van der Waals surface area contributed by atoms with E-state index in [1.54, 1.807) is 13.1 Å². The summed E-state index contributed by atoms with van der Waals surface area (Å²) in [5.74, 6) is 2.30. The number of ether oxygens (including phenoxy) is 1. The Balaban J connectivity index is 1.58. The first kappa shape index (κ1) is 21.6. The molecule has 172 valence electrons. The number of morpholine rings is 1. The summed E-state index contributed by atoms with van der Waals surface area (Å²) < 4.78 is 5.56. The number of pyridine rings is 1. The van der Waals surface area contributed by atoms with E-state index in [0.29, 0.717) is 24.4 Å². The molecule has 2 saturated heterocycles. The average Bonchev–Trinajstić information content (AvgIpc) is 2.88. The van der Waals surface area contributed by atoms with E-state index in [4.69, 9.17) is 19.7 Å². The number of nitrogens with one attached hydrogen (secondary N) is 1. The number of aromatic nitrogens is 3. The quantitative estimate of drug-likeness (QED) is 0.659. The lowest BCUT2D eigenvalue weighted by molar-refractivity contribution is 0.0963. The zero-order valence-electron chi connectivity index (χ0n) is 19.3. The van der Waals surface area contributed by atoms with E-state index in [9.17, 15) is 4.79 Å². The molecule has 4 heterocycles. The third-order valence-electron chi connectivity index (χ3n) is 6.55. The van der Waals surface area contributed by atoms with Gasteiger partial charge in [0.05, 0.1) is 24.3 Å². The number of amides is 1. The van der Waals surface area contributed by atoms with Crippen molar-refractivity contribution in [3.8, 4) is 11.3 Å². The second kappa shape index (κ2) is 9.31. The maximum Gasteiger partial charge on any atom is 0.251 e. The molecule has 3 aromatic rings. The van der Waals surface area contributed by atoms with Gasteiger partial charge in [-0.2, -0.15) is 9.97 Å². The van der Waals surface area contributed by atoms with Crippen LogP contribution in [0.15, 0.2) is 36.4 Å². The lowest BCUT2D eigenvalue weighted by Crippen LogP contribution is -2.38. The Labute approximate surface area is 194 Å². The smallest absolute Gasteiger partial charge is 0.251 e. The van der Waals surface area contributed by atoms with E-state index in [-0.39, 0.29) is 5.91 Å². The van der Waals surface area contributed by atoms with Crippen LogP contribution in [0.3, 0.4) is 0 Å². The van der Waals surface area contributed by atoms with Gasteiger partial charge in [-0.25, -0.2) is 4.98 Å². The van der Waals surface area contributed by atoms with Gasteiger partial charge in [-0.05, 0) is 43.0 Å². The Morgan fingerprint density at radius 1 is 1.00 bits per heavy atom. The Bertz CT molecular complexity index is 1150. The van der Waals surface area contributed by atoms with Crippen LogP contribution in [0.25, 0.3) is 22.3 Å². The lowest BCUT2D eigenvalue weighted by Gasteiger charge is -2.32. The molecule has 0 unspecified atom stereocenters. The Kier molecular flexibility index (Phi) is 6.09. The molecule has 0 atom stereocenters. The zero-order chi connectivity index (χ0) is 22.8. The molecule has 0 bridgehead atoms. The van der Waals surface area contributed by atoms with E-state index in [1.165, 1.54) is 0 Å². The van der Waals surface area contributed by atoms with Gasteiger partial charge in [-0.3, -0.25) is 4.79 Å². The minimum Gasteiger partial charge on any atom is -0.378 e. The number of piperidine rings is 1. The highest BCUT2D eigenvalue weighted by atomic mass is 16.5. The fourth-order valence-corrected chi connectivity index (χ4v) is 4.47. The molecule has 8 nitrogen and oxygen atoms in total. The fourth-order valence-electron chi connectivity index (χ4n) is 4.47. The van der Waals surface area contributed by atoms with Crippen LogP contribution >= 0.6 is 0 Å². The summed E-state index contributed by atoms with van der Waals surface area (Å²) in [6.45, 7) is 7.22. The Hall–Kier alpha value is -3.26. The van der Waals surface area contributed by atoms with Gasteiger partial charge in [-0.15, -0.1) is 0 Å². The highest BCUT2D eigenvalue weighted by molar-refractivity contribution is 5.95. The van der Waals surface area contributed by atoms with E-state index >= 15 is 0 Å². The van der Waals surface area contributed by atoms with Crippen molar-refractivity contribution in [2.75, 3.05) is 56.2 Å². The fraction of sp³-hybridized carbons (Fsp3) is 0.440. The number of benzene rings is 1. The normalized spacial score (nSPS) is 17.4. The van der Waals surface area contributed by atoms with E-state index in [2.05, 4.69) is 28.1 Å². The number of hydrogen-bond donors (Lipinski definition) is 1. The molecular formula is C25H30N6O2. The maximum absolute atomic E-state index is 12.1. The number of nitrogens with zero attached hydrogens (tertiary/aromatic N) is 5. The second-order valence-electron chi connectivity index (χ2n) is 8.84.